The normalized spacial score (nSPS) is 10.8. The van der Waals surface area contributed by atoms with Gasteiger partial charge in [-0.15, -0.1) is 0 Å². The number of nitrogens with zero attached hydrogens (tertiary/aromatic N) is 1. The van der Waals surface area contributed by atoms with Crippen LogP contribution in [0.2, 0.25) is 0 Å². The molecule has 0 spiro atoms. The first kappa shape index (κ1) is 11.8. The third kappa shape index (κ3) is 2.41. The van der Waals surface area contributed by atoms with Gasteiger partial charge >= 0.3 is 13.0 Å². The maximum absolute atomic E-state index is 12.0. The first-order valence-corrected chi connectivity index (χ1v) is 5.74. The first-order chi connectivity index (χ1) is 7.18. The minimum Gasteiger partial charge on any atom is -0.303 e. The summed E-state index contributed by atoms with van der Waals surface area (Å²) >= 11 is 0. The van der Waals surface area contributed by atoms with Crippen LogP contribution in [-0.2, 0) is 13.6 Å². The monoisotopic (exact) mass is 227 g/mol. The molecule has 80 valence electrons. The molecule has 0 aliphatic carbocycles. The van der Waals surface area contributed by atoms with Crippen LogP contribution in [-0.4, -0.2) is 24.5 Å². The Balaban J connectivity index is 3.23. The van der Waals surface area contributed by atoms with E-state index in [1.54, 1.807) is 24.3 Å². The van der Waals surface area contributed by atoms with Crippen LogP contribution in [0.3, 0.4) is 0 Å². The van der Waals surface area contributed by atoms with E-state index in [1.807, 2.05) is 6.07 Å². The molecule has 6 heteroatoms. The topological polar surface area (TPSA) is 73.5 Å². The molecule has 0 atom stereocenters. The molecule has 1 aromatic carbocycles. The third-order valence-corrected chi connectivity index (χ3v) is 3.72. The minimum absolute atomic E-state index is 0.00750. The van der Waals surface area contributed by atoms with Crippen LogP contribution in [0, 0.1) is 5.53 Å². The van der Waals surface area contributed by atoms with E-state index in [-0.39, 0.29) is 5.45 Å². The molecule has 0 bridgehead atoms. The summed E-state index contributed by atoms with van der Waals surface area (Å²) in [5.41, 5.74) is 7.58. The molecular formula is C9H12N2O3P+. The summed E-state index contributed by atoms with van der Waals surface area (Å²) in [4.78, 5) is 3.23. The van der Waals surface area contributed by atoms with Gasteiger partial charge in [0.2, 0.25) is 0 Å². The molecule has 15 heavy (non-hydrogen) atoms. The van der Waals surface area contributed by atoms with Gasteiger partial charge in [-0.2, -0.15) is 0 Å². The number of hydrogen-bond acceptors (Lipinski definition) is 4. The van der Waals surface area contributed by atoms with E-state index >= 15 is 0 Å². The van der Waals surface area contributed by atoms with Gasteiger partial charge in [0.15, 0.2) is 0 Å². The number of hydrogen-bond donors (Lipinski definition) is 1. The Bertz CT molecular complexity index is 418. The third-order valence-electron chi connectivity index (χ3n) is 1.88. The fourth-order valence-corrected chi connectivity index (χ4v) is 2.20. The summed E-state index contributed by atoms with van der Waals surface area (Å²) in [6.45, 7) is 0. The molecule has 0 radical (unpaired) electrons. The largest absolute Gasteiger partial charge is 0.457 e. The number of benzene rings is 1. The predicted octanol–water partition coefficient (Wildman–Crippen LogP) is 2.16. The van der Waals surface area contributed by atoms with E-state index < -0.39 is 7.60 Å². The van der Waals surface area contributed by atoms with E-state index in [9.17, 15) is 4.57 Å². The minimum atomic E-state index is -3.45. The van der Waals surface area contributed by atoms with E-state index in [0.717, 1.165) is 0 Å². The number of nitrogens with one attached hydrogen (secondary N) is 1. The van der Waals surface area contributed by atoms with Crippen molar-refractivity contribution in [2.24, 2.45) is 0 Å². The van der Waals surface area contributed by atoms with Gasteiger partial charge in [0.05, 0.1) is 15.9 Å². The molecule has 0 heterocycles. The molecule has 5 nitrogen and oxygen atoms in total. The van der Waals surface area contributed by atoms with Gasteiger partial charge in [-0.05, 0) is 12.1 Å². The van der Waals surface area contributed by atoms with Crippen molar-refractivity contribution in [3.63, 3.8) is 0 Å². The van der Waals surface area contributed by atoms with Crippen LogP contribution in [0.5, 0.6) is 0 Å². The highest BCUT2D eigenvalue weighted by Gasteiger charge is 2.41. The quantitative estimate of drug-likeness (QED) is 0.370. The average Bonchev–Trinajstić information content (AvgIpc) is 2.31. The summed E-state index contributed by atoms with van der Waals surface area (Å²) in [5, 5.41) is 0. The van der Waals surface area contributed by atoms with E-state index in [2.05, 4.69) is 4.79 Å². The second kappa shape index (κ2) is 5.01. The molecule has 1 aromatic rings. The van der Waals surface area contributed by atoms with Crippen LogP contribution >= 0.6 is 7.60 Å². The molecule has 0 unspecified atom stereocenters. The molecule has 0 aliphatic rings. The predicted molar refractivity (Wildman–Crippen MR) is 55.2 cm³/mol. The van der Waals surface area contributed by atoms with Crippen molar-refractivity contribution in [2.45, 2.75) is 0 Å². The van der Waals surface area contributed by atoms with Gasteiger partial charge < -0.3 is 9.05 Å². The smallest absolute Gasteiger partial charge is 0.303 e. The van der Waals surface area contributed by atoms with Crippen molar-refractivity contribution in [1.29, 1.82) is 5.53 Å². The SMILES string of the molecule is COP(=O)(OC)C(=[N+]=N)c1ccccc1. The molecule has 1 N–H and O–H groups in total. The Morgan fingerprint density at radius 2 is 1.80 bits per heavy atom. The Kier molecular flexibility index (Phi) is 3.95. The Hall–Kier alpha value is -1.25. The summed E-state index contributed by atoms with van der Waals surface area (Å²) in [5.74, 6) is 0. The van der Waals surface area contributed by atoms with Crippen molar-refractivity contribution in [1.82, 2.24) is 0 Å². The zero-order chi connectivity index (χ0) is 11.3. The average molecular weight is 227 g/mol. The molecule has 0 aliphatic heterocycles. The van der Waals surface area contributed by atoms with Gasteiger partial charge in [-0.1, -0.05) is 18.2 Å². The van der Waals surface area contributed by atoms with Crippen LogP contribution in [0.4, 0.5) is 0 Å². The molecule has 0 fully saturated rings. The molecule has 0 amide bonds. The van der Waals surface area contributed by atoms with Crippen molar-refractivity contribution in [3.05, 3.63) is 35.9 Å². The summed E-state index contributed by atoms with van der Waals surface area (Å²) in [7, 11) is -0.926. The molecule has 0 saturated carbocycles. The zero-order valence-electron chi connectivity index (χ0n) is 8.51. The second-order valence-electron chi connectivity index (χ2n) is 2.66. The van der Waals surface area contributed by atoms with Crippen molar-refractivity contribution in [3.8, 4) is 0 Å². The van der Waals surface area contributed by atoms with Gasteiger partial charge in [0.25, 0.3) is 0 Å². The highest BCUT2D eigenvalue weighted by molar-refractivity contribution is 7.72. The maximum atomic E-state index is 12.0. The molecule has 0 aromatic heterocycles. The van der Waals surface area contributed by atoms with Crippen LogP contribution < -0.4 is 0 Å². The molecular weight excluding hydrogens is 215 g/mol. The molecule has 0 saturated heterocycles. The number of rotatable bonds is 4. The van der Waals surface area contributed by atoms with Crippen LogP contribution in [0.15, 0.2) is 30.3 Å². The van der Waals surface area contributed by atoms with Crippen LogP contribution in [0.25, 0.3) is 0 Å². The zero-order valence-corrected chi connectivity index (χ0v) is 9.40. The Morgan fingerprint density at radius 1 is 1.27 bits per heavy atom. The van der Waals surface area contributed by atoms with Gasteiger partial charge in [0.1, 0.15) is 0 Å². The lowest BCUT2D eigenvalue weighted by Crippen LogP contribution is -2.06. The molecule has 1 rings (SSSR count). The van der Waals surface area contributed by atoms with Crippen molar-refractivity contribution in [2.75, 3.05) is 14.2 Å². The lowest BCUT2D eigenvalue weighted by molar-refractivity contribution is -0.116. The van der Waals surface area contributed by atoms with E-state index in [1.165, 1.54) is 14.2 Å². The highest BCUT2D eigenvalue weighted by atomic mass is 31.2. The lowest BCUT2D eigenvalue weighted by atomic mass is 10.2. The Labute approximate surface area is 87.8 Å². The summed E-state index contributed by atoms with van der Waals surface area (Å²) in [6, 6.07) is 8.72. The lowest BCUT2D eigenvalue weighted by Gasteiger charge is -2.06. The fourth-order valence-electron chi connectivity index (χ4n) is 1.12. The summed E-state index contributed by atoms with van der Waals surface area (Å²) in [6.07, 6.45) is 0. The second-order valence-corrected chi connectivity index (χ2v) is 4.81. The van der Waals surface area contributed by atoms with E-state index in [4.69, 9.17) is 14.6 Å². The van der Waals surface area contributed by atoms with Gasteiger partial charge in [-0.3, -0.25) is 0 Å². The highest BCUT2D eigenvalue weighted by Crippen LogP contribution is 2.49. The summed E-state index contributed by atoms with van der Waals surface area (Å²) < 4.78 is 21.5. The van der Waals surface area contributed by atoms with Gasteiger partial charge in [0, 0.05) is 14.2 Å². The standard InChI is InChI=1S/C9H12N2O3P/c1-13-15(12,14-2)9(11-10)8-6-4-3-5-7-8/h3-7,10H,1-2H3/q+1. The van der Waals surface area contributed by atoms with E-state index in [0.29, 0.717) is 5.56 Å². The Morgan fingerprint density at radius 3 is 2.20 bits per heavy atom. The van der Waals surface area contributed by atoms with Gasteiger partial charge in [-0.25, -0.2) is 4.57 Å². The van der Waals surface area contributed by atoms with Crippen molar-refractivity contribution >= 4 is 13.0 Å². The fraction of sp³-hybridized carbons (Fsp3) is 0.222. The van der Waals surface area contributed by atoms with Crippen LogP contribution in [0.1, 0.15) is 5.56 Å². The maximum Gasteiger partial charge on any atom is 0.457 e. The first-order valence-electron chi connectivity index (χ1n) is 4.20. The van der Waals surface area contributed by atoms with Crippen molar-refractivity contribution < 1.29 is 18.4 Å².